The van der Waals surface area contributed by atoms with Crippen molar-refractivity contribution in [3.8, 4) is 0 Å². The average molecular weight is 328 g/mol. The highest BCUT2D eigenvalue weighted by Crippen LogP contribution is 2.28. The maximum atomic E-state index is 5.80. The molecule has 0 saturated carbocycles. The van der Waals surface area contributed by atoms with Crippen molar-refractivity contribution in [1.82, 2.24) is 4.98 Å². The molecule has 3 rings (SSSR count). The number of nitrogens with zero attached hydrogens (tertiary/aromatic N) is 1. The third-order valence-corrected chi connectivity index (χ3v) is 3.72. The number of aryl methyl sites for hydroxylation is 1. The minimum Gasteiger partial charge on any atom is -0.399 e. The summed E-state index contributed by atoms with van der Waals surface area (Å²) in [5, 5.41) is 4.52. The zero-order chi connectivity index (χ0) is 14.1. The van der Waals surface area contributed by atoms with Gasteiger partial charge in [0, 0.05) is 33.1 Å². The number of hydrogen-bond donors (Lipinski definition) is 2. The van der Waals surface area contributed by atoms with E-state index in [9.17, 15) is 0 Å². The predicted octanol–water partition coefficient (Wildman–Crippen LogP) is 4.63. The number of rotatable bonds is 2. The summed E-state index contributed by atoms with van der Waals surface area (Å²) >= 11 is 3.48. The van der Waals surface area contributed by atoms with Gasteiger partial charge in [0.25, 0.3) is 0 Å². The van der Waals surface area contributed by atoms with E-state index in [1.54, 1.807) is 6.20 Å². The number of nitrogen functional groups attached to an aromatic ring is 1. The lowest BCUT2D eigenvalue weighted by molar-refractivity contribution is 1.39. The molecule has 0 atom stereocenters. The second kappa shape index (κ2) is 5.13. The van der Waals surface area contributed by atoms with E-state index in [2.05, 4.69) is 45.3 Å². The normalized spacial score (nSPS) is 10.7. The van der Waals surface area contributed by atoms with Crippen LogP contribution in [-0.4, -0.2) is 4.98 Å². The monoisotopic (exact) mass is 327 g/mol. The number of halogens is 1. The highest BCUT2D eigenvalue weighted by molar-refractivity contribution is 9.10. The topological polar surface area (TPSA) is 50.9 Å². The fourth-order valence-electron chi connectivity index (χ4n) is 2.19. The molecule has 0 spiro atoms. The Morgan fingerprint density at radius 3 is 2.70 bits per heavy atom. The van der Waals surface area contributed by atoms with E-state index < -0.39 is 0 Å². The minimum absolute atomic E-state index is 0.724. The van der Waals surface area contributed by atoms with Crippen LogP contribution in [0.25, 0.3) is 10.9 Å². The number of nitrogens with two attached hydrogens (primary N) is 1. The summed E-state index contributed by atoms with van der Waals surface area (Å²) in [5.41, 5.74) is 10.7. The van der Waals surface area contributed by atoms with Crippen LogP contribution >= 0.6 is 15.9 Å². The molecule has 0 aliphatic carbocycles. The van der Waals surface area contributed by atoms with Gasteiger partial charge < -0.3 is 11.1 Å². The molecule has 0 aliphatic heterocycles. The van der Waals surface area contributed by atoms with Crippen molar-refractivity contribution in [2.75, 3.05) is 11.1 Å². The Bertz CT molecular complexity index is 784. The first-order chi connectivity index (χ1) is 9.63. The Hall–Kier alpha value is -2.07. The summed E-state index contributed by atoms with van der Waals surface area (Å²) in [7, 11) is 0. The number of anilines is 3. The molecule has 0 fully saturated rings. The summed E-state index contributed by atoms with van der Waals surface area (Å²) in [6.07, 6.45) is 1.79. The first-order valence-corrected chi connectivity index (χ1v) is 7.10. The van der Waals surface area contributed by atoms with Gasteiger partial charge in [-0.1, -0.05) is 15.9 Å². The van der Waals surface area contributed by atoms with E-state index in [1.165, 1.54) is 5.56 Å². The third-order valence-electron chi connectivity index (χ3n) is 3.22. The molecular weight excluding hydrogens is 314 g/mol. The summed E-state index contributed by atoms with van der Waals surface area (Å²) in [6, 6.07) is 13.9. The standard InChI is InChI=1S/C16H14BrN3/c1-10-8-11(17)2-5-14(10)20-15-6-7-19-16-9-12(18)3-4-13(15)16/h2-9H,18H2,1H3,(H,19,20). The molecule has 3 nitrogen and oxygen atoms in total. The lowest BCUT2D eigenvalue weighted by Gasteiger charge is -2.12. The molecule has 0 radical (unpaired) electrons. The molecule has 3 N–H and O–H groups in total. The van der Waals surface area contributed by atoms with Crippen LogP contribution in [0, 0.1) is 6.92 Å². The molecule has 0 bridgehead atoms. The van der Waals surface area contributed by atoms with Gasteiger partial charge in [0.2, 0.25) is 0 Å². The third kappa shape index (κ3) is 2.47. The molecular formula is C16H14BrN3. The Morgan fingerprint density at radius 2 is 1.90 bits per heavy atom. The molecule has 0 aliphatic rings. The summed E-state index contributed by atoms with van der Waals surface area (Å²) in [6.45, 7) is 2.08. The van der Waals surface area contributed by atoms with Crippen molar-refractivity contribution >= 4 is 43.9 Å². The largest absolute Gasteiger partial charge is 0.399 e. The van der Waals surface area contributed by atoms with Gasteiger partial charge in [-0.15, -0.1) is 0 Å². The van der Waals surface area contributed by atoms with Crippen LogP contribution in [0.4, 0.5) is 17.1 Å². The van der Waals surface area contributed by atoms with Crippen molar-refractivity contribution < 1.29 is 0 Å². The van der Waals surface area contributed by atoms with Crippen LogP contribution in [0.2, 0.25) is 0 Å². The molecule has 1 heterocycles. The zero-order valence-corrected chi connectivity index (χ0v) is 12.6. The second-order valence-electron chi connectivity index (χ2n) is 4.72. The maximum absolute atomic E-state index is 5.80. The minimum atomic E-state index is 0.724. The van der Waals surface area contributed by atoms with Crippen LogP contribution in [0.15, 0.2) is 53.1 Å². The Kier molecular flexibility index (Phi) is 3.32. The zero-order valence-electron chi connectivity index (χ0n) is 11.0. The number of fused-ring (bicyclic) bond motifs is 1. The van der Waals surface area contributed by atoms with Crippen LogP contribution in [-0.2, 0) is 0 Å². The number of hydrogen-bond acceptors (Lipinski definition) is 3. The highest BCUT2D eigenvalue weighted by atomic mass is 79.9. The van der Waals surface area contributed by atoms with E-state index in [0.29, 0.717) is 0 Å². The molecule has 100 valence electrons. The molecule has 0 saturated heterocycles. The van der Waals surface area contributed by atoms with Gasteiger partial charge in [-0.05, 0) is 55.0 Å². The predicted molar refractivity (Wildman–Crippen MR) is 88.3 cm³/mol. The fraction of sp³-hybridized carbons (Fsp3) is 0.0625. The molecule has 1 aromatic heterocycles. The Balaban J connectivity index is 2.06. The SMILES string of the molecule is Cc1cc(Br)ccc1Nc1ccnc2cc(N)ccc12. The lowest BCUT2D eigenvalue weighted by Crippen LogP contribution is -1.95. The summed E-state index contributed by atoms with van der Waals surface area (Å²) in [4.78, 5) is 4.35. The highest BCUT2D eigenvalue weighted by Gasteiger charge is 2.05. The van der Waals surface area contributed by atoms with Gasteiger partial charge in [-0.25, -0.2) is 0 Å². The average Bonchev–Trinajstić information content (AvgIpc) is 2.41. The smallest absolute Gasteiger partial charge is 0.0743 e. The number of nitrogens with one attached hydrogen (secondary N) is 1. The summed E-state index contributed by atoms with van der Waals surface area (Å²) in [5.74, 6) is 0. The first-order valence-electron chi connectivity index (χ1n) is 6.31. The number of aromatic nitrogens is 1. The van der Waals surface area contributed by atoms with Crippen LogP contribution < -0.4 is 11.1 Å². The van der Waals surface area contributed by atoms with Crippen molar-refractivity contribution in [1.29, 1.82) is 0 Å². The number of benzene rings is 2. The van der Waals surface area contributed by atoms with Crippen molar-refractivity contribution in [2.24, 2.45) is 0 Å². The Labute approximate surface area is 126 Å². The lowest BCUT2D eigenvalue weighted by atomic mass is 10.1. The van der Waals surface area contributed by atoms with Gasteiger partial charge in [0.15, 0.2) is 0 Å². The molecule has 0 amide bonds. The van der Waals surface area contributed by atoms with Crippen LogP contribution in [0.1, 0.15) is 5.56 Å². The van der Waals surface area contributed by atoms with Crippen molar-refractivity contribution in [3.05, 3.63) is 58.7 Å². The quantitative estimate of drug-likeness (QED) is 0.674. The second-order valence-corrected chi connectivity index (χ2v) is 5.64. The van der Waals surface area contributed by atoms with Crippen LogP contribution in [0.3, 0.4) is 0 Å². The summed E-state index contributed by atoms with van der Waals surface area (Å²) < 4.78 is 1.08. The fourth-order valence-corrected chi connectivity index (χ4v) is 2.66. The van der Waals surface area contributed by atoms with Crippen LogP contribution in [0.5, 0.6) is 0 Å². The molecule has 0 unspecified atom stereocenters. The van der Waals surface area contributed by atoms with Gasteiger partial charge in [0.05, 0.1) is 5.52 Å². The first kappa shape index (κ1) is 12.9. The van der Waals surface area contributed by atoms with Gasteiger partial charge in [-0.2, -0.15) is 0 Å². The number of pyridine rings is 1. The van der Waals surface area contributed by atoms with Crippen molar-refractivity contribution in [3.63, 3.8) is 0 Å². The van der Waals surface area contributed by atoms with Crippen molar-refractivity contribution in [2.45, 2.75) is 6.92 Å². The Morgan fingerprint density at radius 1 is 1.05 bits per heavy atom. The van der Waals surface area contributed by atoms with Gasteiger partial charge in [0.1, 0.15) is 0 Å². The maximum Gasteiger partial charge on any atom is 0.0743 e. The molecule has 2 aromatic carbocycles. The van der Waals surface area contributed by atoms with Gasteiger partial charge >= 0.3 is 0 Å². The van der Waals surface area contributed by atoms with E-state index in [4.69, 9.17) is 5.73 Å². The van der Waals surface area contributed by atoms with E-state index in [1.807, 2.05) is 30.3 Å². The molecule has 20 heavy (non-hydrogen) atoms. The molecule has 3 aromatic rings. The van der Waals surface area contributed by atoms with E-state index in [-0.39, 0.29) is 0 Å². The van der Waals surface area contributed by atoms with E-state index in [0.717, 1.165) is 32.4 Å². The van der Waals surface area contributed by atoms with E-state index >= 15 is 0 Å². The molecule has 4 heteroatoms. The van der Waals surface area contributed by atoms with Gasteiger partial charge in [-0.3, -0.25) is 4.98 Å².